The molecule has 1 fully saturated rings. The molecule has 1 N–H and O–H groups in total. The molecule has 0 spiro atoms. The maximum absolute atomic E-state index is 13.1. The highest BCUT2D eigenvalue weighted by molar-refractivity contribution is 6.51. The van der Waals surface area contributed by atoms with E-state index in [0.29, 0.717) is 35.1 Å². The molecule has 6 nitrogen and oxygen atoms in total. The second-order valence-electron chi connectivity index (χ2n) is 7.83. The van der Waals surface area contributed by atoms with Gasteiger partial charge in [0.1, 0.15) is 29.1 Å². The monoisotopic (exact) mass is 431 g/mol. The summed E-state index contributed by atoms with van der Waals surface area (Å²) in [7, 11) is 0. The van der Waals surface area contributed by atoms with Crippen LogP contribution in [0.1, 0.15) is 42.0 Å². The molecule has 4 rings (SSSR count). The zero-order valence-corrected chi connectivity index (χ0v) is 18.3. The van der Waals surface area contributed by atoms with Gasteiger partial charge < -0.3 is 14.3 Å². The van der Waals surface area contributed by atoms with Crippen molar-refractivity contribution in [2.24, 2.45) is 0 Å². The van der Waals surface area contributed by atoms with Crippen LogP contribution in [0.15, 0.2) is 70.7 Å². The molecule has 1 aliphatic heterocycles. The number of aryl methyl sites for hydroxylation is 2. The van der Waals surface area contributed by atoms with Gasteiger partial charge in [0.25, 0.3) is 11.7 Å². The van der Waals surface area contributed by atoms with E-state index >= 15 is 0 Å². The molecule has 1 atom stereocenters. The third-order valence-corrected chi connectivity index (χ3v) is 5.36. The number of nitrogens with zero attached hydrogens (tertiary/aromatic N) is 1. The van der Waals surface area contributed by atoms with Gasteiger partial charge in [-0.05, 0) is 74.4 Å². The first-order valence-electron chi connectivity index (χ1n) is 10.6. The van der Waals surface area contributed by atoms with Gasteiger partial charge in [0.15, 0.2) is 0 Å². The number of Topliss-reactive ketones (excluding diaryl/α,β-unsaturated/α-hetero) is 1. The molecule has 1 aromatic heterocycles. The van der Waals surface area contributed by atoms with Crippen LogP contribution >= 0.6 is 0 Å². The van der Waals surface area contributed by atoms with E-state index < -0.39 is 17.7 Å². The Labute approximate surface area is 186 Å². The van der Waals surface area contributed by atoms with Crippen LogP contribution in [0.25, 0.3) is 5.76 Å². The summed E-state index contributed by atoms with van der Waals surface area (Å²) in [5.74, 6) is 0.00908. The SMILES string of the molecule is CCCOc1ccc(/C(O)=C2/C(=O)C(=O)N(c3cccc(C)c3)C2c2ccc(C)o2)cc1. The van der Waals surface area contributed by atoms with Gasteiger partial charge in [-0.3, -0.25) is 14.5 Å². The topological polar surface area (TPSA) is 80.0 Å². The first-order valence-corrected chi connectivity index (χ1v) is 10.6. The van der Waals surface area contributed by atoms with Crippen LogP contribution in [-0.2, 0) is 9.59 Å². The molecular formula is C26H25NO5. The molecule has 1 unspecified atom stereocenters. The zero-order valence-electron chi connectivity index (χ0n) is 18.3. The summed E-state index contributed by atoms with van der Waals surface area (Å²) in [6.07, 6.45) is 0.882. The number of aliphatic hydroxyl groups excluding tert-OH is 1. The van der Waals surface area contributed by atoms with E-state index in [1.165, 1.54) is 4.90 Å². The predicted octanol–water partition coefficient (Wildman–Crippen LogP) is 5.31. The Hall–Kier alpha value is -3.80. The Bertz CT molecular complexity index is 1190. The fourth-order valence-electron chi connectivity index (χ4n) is 3.83. The van der Waals surface area contributed by atoms with Crippen molar-refractivity contribution >= 4 is 23.1 Å². The minimum Gasteiger partial charge on any atom is -0.507 e. The van der Waals surface area contributed by atoms with Gasteiger partial charge in [0, 0.05) is 11.3 Å². The molecule has 2 heterocycles. The number of hydrogen-bond acceptors (Lipinski definition) is 5. The Morgan fingerprint density at radius 2 is 1.81 bits per heavy atom. The highest BCUT2D eigenvalue weighted by Gasteiger charge is 2.48. The average molecular weight is 431 g/mol. The summed E-state index contributed by atoms with van der Waals surface area (Å²) in [5.41, 5.74) is 1.92. The molecule has 2 aromatic carbocycles. The molecule has 1 aliphatic rings. The molecule has 0 radical (unpaired) electrons. The minimum atomic E-state index is -0.874. The van der Waals surface area contributed by atoms with Gasteiger partial charge in [0.05, 0.1) is 12.2 Å². The van der Waals surface area contributed by atoms with Gasteiger partial charge in [-0.1, -0.05) is 19.1 Å². The van der Waals surface area contributed by atoms with E-state index in [9.17, 15) is 14.7 Å². The van der Waals surface area contributed by atoms with Crippen molar-refractivity contribution in [3.63, 3.8) is 0 Å². The molecule has 0 bridgehead atoms. The molecule has 1 amide bonds. The lowest BCUT2D eigenvalue weighted by Crippen LogP contribution is -2.29. The second-order valence-corrected chi connectivity index (χ2v) is 7.83. The summed E-state index contributed by atoms with van der Waals surface area (Å²) in [5, 5.41) is 11.1. The van der Waals surface area contributed by atoms with Gasteiger partial charge in [-0.15, -0.1) is 0 Å². The standard InChI is InChI=1S/C26H25NO5/c1-4-14-31-20-11-9-18(10-12-20)24(28)22-23(21-13-8-17(3)32-21)27(26(30)25(22)29)19-7-5-6-16(2)15-19/h5-13,15,23,28H,4,14H2,1-3H3/b24-22-. The Balaban J connectivity index is 1.83. The largest absolute Gasteiger partial charge is 0.507 e. The van der Waals surface area contributed by atoms with E-state index in [2.05, 4.69) is 0 Å². The number of furan rings is 1. The fourth-order valence-corrected chi connectivity index (χ4v) is 3.83. The number of ketones is 1. The van der Waals surface area contributed by atoms with E-state index in [4.69, 9.17) is 9.15 Å². The summed E-state index contributed by atoms with van der Waals surface area (Å²) in [6.45, 7) is 6.31. The van der Waals surface area contributed by atoms with Crippen molar-refractivity contribution in [2.45, 2.75) is 33.2 Å². The van der Waals surface area contributed by atoms with Crippen LogP contribution < -0.4 is 9.64 Å². The normalized spacial score (nSPS) is 17.7. The molecule has 0 saturated carbocycles. The van der Waals surface area contributed by atoms with Crippen LogP contribution in [0.5, 0.6) is 5.75 Å². The van der Waals surface area contributed by atoms with E-state index in [0.717, 1.165) is 12.0 Å². The lowest BCUT2D eigenvalue weighted by molar-refractivity contribution is -0.132. The van der Waals surface area contributed by atoms with Crippen molar-refractivity contribution in [1.82, 2.24) is 0 Å². The summed E-state index contributed by atoms with van der Waals surface area (Å²) in [6, 6.07) is 16.7. The number of ether oxygens (including phenoxy) is 1. The highest BCUT2D eigenvalue weighted by Crippen LogP contribution is 2.42. The third kappa shape index (κ3) is 3.91. The predicted molar refractivity (Wildman–Crippen MR) is 122 cm³/mol. The molecular weight excluding hydrogens is 406 g/mol. The number of aliphatic hydroxyl groups is 1. The number of hydrogen-bond donors (Lipinski definition) is 1. The fraction of sp³-hybridized carbons (Fsp3) is 0.231. The van der Waals surface area contributed by atoms with E-state index in [-0.39, 0.29) is 11.3 Å². The van der Waals surface area contributed by atoms with Gasteiger partial charge in [-0.25, -0.2) is 0 Å². The maximum atomic E-state index is 13.1. The first kappa shape index (κ1) is 21.4. The number of amides is 1. The Morgan fingerprint density at radius 3 is 2.44 bits per heavy atom. The van der Waals surface area contributed by atoms with Crippen LogP contribution in [0.3, 0.4) is 0 Å². The smallest absolute Gasteiger partial charge is 0.300 e. The molecule has 164 valence electrons. The van der Waals surface area contributed by atoms with Crippen LogP contribution in [0.4, 0.5) is 5.69 Å². The van der Waals surface area contributed by atoms with Crippen molar-refractivity contribution in [2.75, 3.05) is 11.5 Å². The number of benzene rings is 2. The van der Waals surface area contributed by atoms with E-state index in [1.54, 1.807) is 49.4 Å². The Morgan fingerprint density at radius 1 is 1.06 bits per heavy atom. The second kappa shape index (κ2) is 8.75. The van der Waals surface area contributed by atoms with Crippen molar-refractivity contribution in [1.29, 1.82) is 0 Å². The van der Waals surface area contributed by atoms with Crippen LogP contribution in [-0.4, -0.2) is 23.4 Å². The summed E-state index contributed by atoms with van der Waals surface area (Å²) >= 11 is 0. The lowest BCUT2D eigenvalue weighted by atomic mass is 9.99. The minimum absolute atomic E-state index is 0.00640. The molecule has 0 aliphatic carbocycles. The molecule has 6 heteroatoms. The van der Waals surface area contributed by atoms with Crippen molar-refractivity contribution in [3.05, 3.63) is 88.9 Å². The maximum Gasteiger partial charge on any atom is 0.300 e. The van der Waals surface area contributed by atoms with Crippen molar-refractivity contribution in [3.8, 4) is 5.75 Å². The van der Waals surface area contributed by atoms with Crippen molar-refractivity contribution < 1.29 is 23.8 Å². The Kier molecular flexibility index (Phi) is 5.86. The molecule has 1 saturated heterocycles. The quantitative estimate of drug-likeness (QED) is 0.325. The van der Waals surface area contributed by atoms with Crippen LogP contribution in [0, 0.1) is 13.8 Å². The number of carbonyl (C=O) groups excluding carboxylic acids is 2. The number of rotatable bonds is 6. The third-order valence-electron chi connectivity index (χ3n) is 5.36. The lowest BCUT2D eigenvalue weighted by Gasteiger charge is -2.23. The number of carbonyl (C=O) groups is 2. The highest BCUT2D eigenvalue weighted by atomic mass is 16.5. The van der Waals surface area contributed by atoms with Gasteiger partial charge in [0.2, 0.25) is 0 Å². The van der Waals surface area contributed by atoms with E-state index in [1.807, 2.05) is 32.0 Å². The first-order chi connectivity index (χ1) is 15.4. The molecule has 32 heavy (non-hydrogen) atoms. The summed E-state index contributed by atoms with van der Waals surface area (Å²) < 4.78 is 11.4. The van der Waals surface area contributed by atoms with Gasteiger partial charge in [-0.2, -0.15) is 0 Å². The van der Waals surface area contributed by atoms with Crippen LogP contribution in [0.2, 0.25) is 0 Å². The molecule has 3 aromatic rings. The summed E-state index contributed by atoms with van der Waals surface area (Å²) in [4.78, 5) is 27.6. The average Bonchev–Trinajstić information content (AvgIpc) is 3.33. The zero-order chi connectivity index (χ0) is 22.8. The van der Waals surface area contributed by atoms with Gasteiger partial charge >= 0.3 is 0 Å². The number of anilines is 1.